The second kappa shape index (κ2) is 7.20. The van der Waals surface area contributed by atoms with Gasteiger partial charge in [0.25, 0.3) is 0 Å². The van der Waals surface area contributed by atoms with Crippen LogP contribution in [0.15, 0.2) is 6.20 Å². The standard InChI is InChI=1S/C14H22N4O4.H2S/c1-10-12(18(20)21)8-15-17(10)11-6-5-7-16(9-11)13(19)22-14(2,3)4;/h8,11H,5-7,9H2,1-4H3;1H2/t11-;/m0./s1. The van der Waals surface area contributed by atoms with Gasteiger partial charge in [-0.15, -0.1) is 0 Å². The fourth-order valence-electron chi connectivity index (χ4n) is 2.61. The summed E-state index contributed by atoms with van der Waals surface area (Å²) < 4.78 is 7.03. The summed E-state index contributed by atoms with van der Waals surface area (Å²) in [4.78, 5) is 24.3. The Morgan fingerprint density at radius 2 is 2.13 bits per heavy atom. The van der Waals surface area contributed by atoms with Crippen LogP contribution in [0.5, 0.6) is 0 Å². The third-order valence-electron chi connectivity index (χ3n) is 3.61. The Kier molecular flexibility index (Phi) is 6.04. The molecule has 1 saturated heterocycles. The minimum atomic E-state index is -0.537. The molecule has 0 spiro atoms. The number of hydrogen-bond acceptors (Lipinski definition) is 5. The Morgan fingerprint density at radius 3 is 2.65 bits per heavy atom. The SMILES string of the molecule is Cc1c([N+](=O)[O-])cnn1[C@H]1CCCN(C(=O)OC(C)(C)C)C1.S. The molecule has 9 heteroatoms. The van der Waals surface area contributed by atoms with E-state index in [1.807, 2.05) is 20.8 Å². The van der Waals surface area contributed by atoms with Gasteiger partial charge in [-0.1, -0.05) is 0 Å². The zero-order valence-electron chi connectivity index (χ0n) is 13.9. The highest BCUT2D eigenvalue weighted by atomic mass is 32.1. The molecule has 0 aromatic carbocycles. The van der Waals surface area contributed by atoms with E-state index in [-0.39, 0.29) is 31.3 Å². The molecule has 2 heterocycles. The number of carbonyl (C=O) groups excluding carboxylic acids is 1. The quantitative estimate of drug-likeness (QED) is 0.608. The van der Waals surface area contributed by atoms with Gasteiger partial charge in [0.15, 0.2) is 0 Å². The van der Waals surface area contributed by atoms with Gasteiger partial charge in [-0.05, 0) is 40.5 Å². The molecular weight excluding hydrogens is 320 g/mol. The first-order valence-electron chi connectivity index (χ1n) is 7.35. The van der Waals surface area contributed by atoms with Crippen molar-refractivity contribution < 1.29 is 14.5 Å². The fraction of sp³-hybridized carbons (Fsp3) is 0.714. The van der Waals surface area contributed by atoms with E-state index in [1.165, 1.54) is 6.20 Å². The van der Waals surface area contributed by atoms with Gasteiger partial charge in [0.05, 0.1) is 11.0 Å². The van der Waals surface area contributed by atoms with Crippen LogP contribution in [0.4, 0.5) is 10.5 Å². The van der Waals surface area contributed by atoms with Crippen LogP contribution in [0.1, 0.15) is 45.3 Å². The molecule has 0 unspecified atom stereocenters. The first-order chi connectivity index (χ1) is 10.2. The number of aromatic nitrogens is 2. The van der Waals surface area contributed by atoms with Crippen molar-refractivity contribution in [3.8, 4) is 0 Å². The van der Waals surface area contributed by atoms with E-state index in [1.54, 1.807) is 16.5 Å². The molecular formula is C14H24N4O4S. The molecule has 23 heavy (non-hydrogen) atoms. The van der Waals surface area contributed by atoms with Crippen molar-refractivity contribution in [2.24, 2.45) is 0 Å². The molecule has 0 radical (unpaired) electrons. The lowest BCUT2D eigenvalue weighted by molar-refractivity contribution is -0.385. The van der Waals surface area contributed by atoms with Crippen LogP contribution >= 0.6 is 13.5 Å². The van der Waals surface area contributed by atoms with Gasteiger partial charge in [0.1, 0.15) is 17.5 Å². The molecule has 1 aromatic heterocycles. The van der Waals surface area contributed by atoms with E-state index in [2.05, 4.69) is 5.10 Å². The Balaban J connectivity index is 0.00000264. The summed E-state index contributed by atoms with van der Waals surface area (Å²) >= 11 is 0. The van der Waals surface area contributed by atoms with Gasteiger partial charge in [0.2, 0.25) is 0 Å². The van der Waals surface area contributed by atoms with Crippen LogP contribution in [0.2, 0.25) is 0 Å². The molecule has 1 fully saturated rings. The summed E-state index contributed by atoms with van der Waals surface area (Å²) in [7, 11) is 0. The summed E-state index contributed by atoms with van der Waals surface area (Å²) in [6, 6.07) is -0.0602. The van der Waals surface area contributed by atoms with E-state index in [4.69, 9.17) is 4.74 Å². The van der Waals surface area contributed by atoms with E-state index in [9.17, 15) is 14.9 Å². The maximum atomic E-state index is 12.2. The first-order valence-corrected chi connectivity index (χ1v) is 7.35. The summed E-state index contributed by atoms with van der Waals surface area (Å²) in [5, 5.41) is 15.0. The molecule has 0 bridgehead atoms. The van der Waals surface area contributed by atoms with Crippen LogP contribution < -0.4 is 0 Å². The summed E-state index contributed by atoms with van der Waals surface area (Å²) in [6.07, 6.45) is 2.56. The lowest BCUT2D eigenvalue weighted by Crippen LogP contribution is -2.43. The molecule has 1 aromatic rings. The molecule has 1 atom stereocenters. The van der Waals surface area contributed by atoms with Gasteiger partial charge in [0, 0.05) is 13.1 Å². The van der Waals surface area contributed by atoms with Crippen molar-refractivity contribution in [2.75, 3.05) is 13.1 Å². The number of likely N-dealkylation sites (tertiary alicyclic amines) is 1. The highest BCUT2D eigenvalue weighted by Gasteiger charge is 2.30. The molecule has 130 valence electrons. The lowest BCUT2D eigenvalue weighted by atomic mass is 10.1. The number of carbonyl (C=O) groups is 1. The predicted octanol–water partition coefficient (Wildman–Crippen LogP) is 2.78. The Labute approximate surface area is 142 Å². The number of hydrogen-bond donors (Lipinski definition) is 0. The number of ether oxygens (including phenoxy) is 1. The topological polar surface area (TPSA) is 90.5 Å². The molecule has 0 saturated carbocycles. The highest BCUT2D eigenvalue weighted by molar-refractivity contribution is 7.59. The summed E-state index contributed by atoms with van der Waals surface area (Å²) in [5.74, 6) is 0. The van der Waals surface area contributed by atoms with Gasteiger partial charge >= 0.3 is 11.8 Å². The van der Waals surface area contributed by atoms with Crippen LogP contribution in [-0.2, 0) is 4.74 Å². The zero-order chi connectivity index (χ0) is 16.5. The highest BCUT2D eigenvalue weighted by Crippen LogP contribution is 2.27. The number of nitrogens with zero attached hydrogens (tertiary/aromatic N) is 4. The molecule has 1 aliphatic heterocycles. The monoisotopic (exact) mass is 344 g/mol. The molecule has 0 aliphatic carbocycles. The van der Waals surface area contributed by atoms with Crippen molar-refractivity contribution in [3.05, 3.63) is 22.0 Å². The van der Waals surface area contributed by atoms with E-state index in [0.29, 0.717) is 18.8 Å². The Bertz CT molecular complexity index is 582. The summed E-state index contributed by atoms with van der Waals surface area (Å²) in [5.41, 5.74) is -0.0137. The second-order valence-electron chi connectivity index (χ2n) is 6.54. The van der Waals surface area contributed by atoms with Crippen LogP contribution in [-0.4, -0.2) is 44.4 Å². The van der Waals surface area contributed by atoms with Crippen molar-refractivity contribution in [1.29, 1.82) is 0 Å². The van der Waals surface area contributed by atoms with Crippen molar-refractivity contribution in [3.63, 3.8) is 0 Å². The molecule has 0 N–H and O–H groups in total. The van der Waals surface area contributed by atoms with Gasteiger partial charge < -0.3 is 9.64 Å². The lowest BCUT2D eigenvalue weighted by Gasteiger charge is -2.34. The zero-order valence-corrected chi connectivity index (χ0v) is 14.9. The normalized spacial score (nSPS) is 18.3. The van der Waals surface area contributed by atoms with Crippen molar-refractivity contribution in [1.82, 2.24) is 14.7 Å². The molecule has 8 nitrogen and oxygen atoms in total. The number of amides is 1. The van der Waals surface area contributed by atoms with Gasteiger partial charge in [-0.25, -0.2) is 4.79 Å². The third kappa shape index (κ3) is 4.60. The van der Waals surface area contributed by atoms with Crippen LogP contribution in [0.25, 0.3) is 0 Å². The maximum absolute atomic E-state index is 12.2. The minimum absolute atomic E-state index is 0. The largest absolute Gasteiger partial charge is 0.444 e. The van der Waals surface area contributed by atoms with Crippen LogP contribution in [0.3, 0.4) is 0 Å². The predicted molar refractivity (Wildman–Crippen MR) is 90.1 cm³/mol. The van der Waals surface area contributed by atoms with Crippen molar-refractivity contribution in [2.45, 2.75) is 52.2 Å². The molecule has 1 amide bonds. The number of nitro groups is 1. The smallest absolute Gasteiger partial charge is 0.410 e. The average molecular weight is 344 g/mol. The second-order valence-corrected chi connectivity index (χ2v) is 6.54. The Hall–Kier alpha value is -1.77. The average Bonchev–Trinajstić information content (AvgIpc) is 2.79. The van der Waals surface area contributed by atoms with Crippen LogP contribution in [0, 0.1) is 17.0 Å². The van der Waals surface area contributed by atoms with E-state index >= 15 is 0 Å². The van der Waals surface area contributed by atoms with E-state index in [0.717, 1.165) is 12.8 Å². The van der Waals surface area contributed by atoms with Gasteiger partial charge in [-0.2, -0.15) is 18.6 Å². The van der Waals surface area contributed by atoms with Gasteiger partial charge in [-0.3, -0.25) is 14.8 Å². The third-order valence-corrected chi connectivity index (χ3v) is 3.61. The fourth-order valence-corrected chi connectivity index (χ4v) is 2.61. The maximum Gasteiger partial charge on any atom is 0.410 e. The first kappa shape index (κ1) is 19.3. The minimum Gasteiger partial charge on any atom is -0.444 e. The number of piperidine rings is 1. The molecule has 2 rings (SSSR count). The summed E-state index contributed by atoms with van der Waals surface area (Å²) in [6.45, 7) is 8.24. The van der Waals surface area contributed by atoms with Crippen molar-refractivity contribution >= 4 is 25.3 Å². The number of rotatable bonds is 2. The van der Waals surface area contributed by atoms with E-state index < -0.39 is 10.5 Å². The molecule has 1 aliphatic rings. The Morgan fingerprint density at radius 1 is 1.48 bits per heavy atom.